The Hall–Kier alpha value is -2.86. The van der Waals surface area contributed by atoms with Gasteiger partial charge in [0.2, 0.25) is 5.91 Å². The lowest BCUT2D eigenvalue weighted by Crippen LogP contribution is -2.31. The fourth-order valence-electron chi connectivity index (χ4n) is 3.02. The lowest BCUT2D eigenvalue weighted by molar-refractivity contribution is -0.115. The molecule has 0 bridgehead atoms. The average molecular weight is 381 g/mol. The summed E-state index contributed by atoms with van der Waals surface area (Å²) in [7, 11) is 1.64. The fraction of sp³-hybridized carbons (Fsp3) is 0.364. The largest absolute Gasteiger partial charge is 0.496 e. The lowest BCUT2D eigenvalue weighted by Gasteiger charge is -2.18. The van der Waals surface area contributed by atoms with Gasteiger partial charge in [-0.05, 0) is 44.9 Å². The van der Waals surface area contributed by atoms with Crippen LogP contribution in [0.5, 0.6) is 5.75 Å². The molecule has 6 nitrogen and oxygen atoms in total. The van der Waals surface area contributed by atoms with Crippen molar-refractivity contribution in [2.75, 3.05) is 19.0 Å². The van der Waals surface area contributed by atoms with Gasteiger partial charge in [-0.1, -0.05) is 29.8 Å². The number of nitrogens with one attached hydrogen (secondary N) is 3. The topological polar surface area (TPSA) is 79.5 Å². The summed E-state index contributed by atoms with van der Waals surface area (Å²) < 4.78 is 5.42. The van der Waals surface area contributed by atoms with Crippen molar-refractivity contribution in [2.24, 2.45) is 0 Å². The smallest absolute Gasteiger partial charge is 0.253 e. The van der Waals surface area contributed by atoms with Crippen LogP contribution in [0.2, 0.25) is 0 Å². The molecule has 2 amide bonds. The van der Waals surface area contributed by atoms with Gasteiger partial charge in [0.05, 0.1) is 24.9 Å². The summed E-state index contributed by atoms with van der Waals surface area (Å²) in [6, 6.07) is 13.2. The summed E-state index contributed by atoms with van der Waals surface area (Å²) in [6.45, 7) is 4.13. The maximum atomic E-state index is 12.4. The zero-order chi connectivity index (χ0) is 20.1. The van der Waals surface area contributed by atoms with Crippen LogP contribution in [0, 0.1) is 6.92 Å². The van der Waals surface area contributed by atoms with Gasteiger partial charge in [-0.25, -0.2) is 0 Å². The molecule has 28 heavy (non-hydrogen) atoms. The number of para-hydroxylation sites is 1. The van der Waals surface area contributed by atoms with Gasteiger partial charge in [-0.2, -0.15) is 0 Å². The Morgan fingerprint density at radius 3 is 2.64 bits per heavy atom. The number of hydrogen-bond acceptors (Lipinski definition) is 4. The summed E-state index contributed by atoms with van der Waals surface area (Å²) in [6.07, 6.45) is 2.04. The Morgan fingerprint density at radius 1 is 1.18 bits per heavy atom. The Morgan fingerprint density at radius 2 is 1.93 bits per heavy atom. The Bertz CT molecular complexity index is 862. The molecule has 1 unspecified atom stereocenters. The first-order valence-corrected chi connectivity index (χ1v) is 9.55. The summed E-state index contributed by atoms with van der Waals surface area (Å²) in [5.74, 6) is 0.433. The molecular weight excluding hydrogens is 354 g/mol. The summed E-state index contributed by atoms with van der Waals surface area (Å²) in [4.78, 5) is 24.8. The molecule has 0 saturated heterocycles. The van der Waals surface area contributed by atoms with Crippen LogP contribution in [-0.4, -0.2) is 31.5 Å². The summed E-state index contributed by atoms with van der Waals surface area (Å²) in [5.41, 5.74) is 3.13. The van der Waals surface area contributed by atoms with Gasteiger partial charge >= 0.3 is 0 Å². The Balaban J connectivity index is 1.60. The van der Waals surface area contributed by atoms with Crippen molar-refractivity contribution in [3.8, 4) is 5.75 Å². The number of ether oxygens (including phenoxy) is 1. The molecule has 1 fully saturated rings. The molecule has 0 radical (unpaired) electrons. The van der Waals surface area contributed by atoms with Crippen LogP contribution in [0.1, 0.15) is 47.3 Å². The highest BCUT2D eigenvalue weighted by molar-refractivity contribution is 6.04. The van der Waals surface area contributed by atoms with E-state index in [1.54, 1.807) is 31.4 Å². The third kappa shape index (κ3) is 5.10. The maximum Gasteiger partial charge on any atom is 0.253 e. The quantitative estimate of drug-likeness (QED) is 0.656. The van der Waals surface area contributed by atoms with E-state index < -0.39 is 0 Å². The van der Waals surface area contributed by atoms with E-state index in [4.69, 9.17) is 4.74 Å². The van der Waals surface area contributed by atoms with Gasteiger partial charge < -0.3 is 20.7 Å². The minimum Gasteiger partial charge on any atom is -0.496 e. The van der Waals surface area contributed by atoms with E-state index >= 15 is 0 Å². The number of amides is 2. The van der Waals surface area contributed by atoms with E-state index in [1.807, 2.05) is 32.0 Å². The van der Waals surface area contributed by atoms with Crippen molar-refractivity contribution in [3.63, 3.8) is 0 Å². The molecule has 1 atom stereocenters. The Kier molecular flexibility index (Phi) is 6.31. The Labute approximate surface area is 165 Å². The van der Waals surface area contributed by atoms with Crippen LogP contribution < -0.4 is 20.7 Å². The van der Waals surface area contributed by atoms with Gasteiger partial charge in [0.25, 0.3) is 5.91 Å². The molecule has 2 aromatic carbocycles. The summed E-state index contributed by atoms with van der Waals surface area (Å²) >= 11 is 0. The maximum absolute atomic E-state index is 12.4. The molecule has 3 N–H and O–H groups in total. The van der Waals surface area contributed by atoms with Gasteiger partial charge in [-0.15, -0.1) is 0 Å². The fourth-order valence-corrected chi connectivity index (χ4v) is 3.02. The standard InChI is InChI=1S/C22H27N3O3/c1-14-8-11-20(28-3)18(12-14)15(2)23-13-21(26)25-19-7-5-4-6-17(19)22(27)24-16-9-10-16/h4-8,11-12,15-16,23H,9-10,13H2,1-3H3,(H,24,27)(H,25,26). The number of hydrogen-bond donors (Lipinski definition) is 3. The first-order chi connectivity index (χ1) is 13.5. The number of rotatable bonds is 8. The second kappa shape index (κ2) is 8.89. The van der Waals surface area contributed by atoms with Gasteiger partial charge in [0.1, 0.15) is 5.75 Å². The predicted octanol–water partition coefficient (Wildman–Crippen LogP) is 3.19. The number of anilines is 1. The molecule has 0 aliphatic heterocycles. The highest BCUT2D eigenvalue weighted by Gasteiger charge is 2.25. The minimum absolute atomic E-state index is 0.0611. The van der Waals surface area contributed by atoms with E-state index in [-0.39, 0.29) is 30.4 Å². The van der Waals surface area contributed by atoms with Crippen LogP contribution in [0.3, 0.4) is 0 Å². The average Bonchev–Trinajstić information content (AvgIpc) is 3.50. The third-order valence-corrected chi connectivity index (χ3v) is 4.78. The zero-order valence-electron chi connectivity index (χ0n) is 16.5. The highest BCUT2D eigenvalue weighted by Crippen LogP contribution is 2.26. The number of methoxy groups -OCH3 is 1. The van der Waals surface area contributed by atoms with E-state index in [0.29, 0.717) is 11.3 Å². The first kappa shape index (κ1) is 19.9. The second-order valence-electron chi connectivity index (χ2n) is 7.19. The van der Waals surface area contributed by atoms with E-state index in [0.717, 1.165) is 29.7 Å². The molecule has 0 aromatic heterocycles. The van der Waals surface area contributed by atoms with Crippen molar-refractivity contribution in [3.05, 3.63) is 59.2 Å². The van der Waals surface area contributed by atoms with Gasteiger partial charge in [0.15, 0.2) is 0 Å². The van der Waals surface area contributed by atoms with Crippen LogP contribution in [0.4, 0.5) is 5.69 Å². The summed E-state index contributed by atoms with van der Waals surface area (Å²) in [5, 5.41) is 9.01. The first-order valence-electron chi connectivity index (χ1n) is 9.55. The molecular formula is C22H27N3O3. The molecule has 2 aromatic rings. The number of benzene rings is 2. The number of carbonyl (C=O) groups excluding carboxylic acids is 2. The van der Waals surface area contributed by atoms with Crippen molar-refractivity contribution < 1.29 is 14.3 Å². The molecule has 0 heterocycles. The predicted molar refractivity (Wildman–Crippen MR) is 110 cm³/mol. The van der Waals surface area contributed by atoms with E-state index in [1.165, 1.54) is 0 Å². The third-order valence-electron chi connectivity index (χ3n) is 4.78. The normalized spacial score (nSPS) is 14.2. The van der Waals surface area contributed by atoms with Crippen LogP contribution in [0.15, 0.2) is 42.5 Å². The minimum atomic E-state index is -0.204. The van der Waals surface area contributed by atoms with Gasteiger partial charge in [-0.3, -0.25) is 9.59 Å². The molecule has 6 heteroatoms. The molecule has 0 spiro atoms. The number of carbonyl (C=O) groups is 2. The van der Waals surface area contributed by atoms with E-state index in [2.05, 4.69) is 16.0 Å². The van der Waals surface area contributed by atoms with Crippen LogP contribution in [-0.2, 0) is 4.79 Å². The number of aryl methyl sites for hydroxylation is 1. The van der Waals surface area contributed by atoms with Crippen molar-refractivity contribution in [2.45, 2.75) is 38.8 Å². The molecule has 1 saturated carbocycles. The molecule has 1 aliphatic carbocycles. The zero-order valence-corrected chi connectivity index (χ0v) is 16.5. The van der Waals surface area contributed by atoms with Crippen molar-refractivity contribution in [1.29, 1.82) is 0 Å². The van der Waals surface area contributed by atoms with Crippen LogP contribution in [0.25, 0.3) is 0 Å². The van der Waals surface area contributed by atoms with Crippen molar-refractivity contribution >= 4 is 17.5 Å². The lowest BCUT2D eigenvalue weighted by atomic mass is 10.0. The second-order valence-corrected chi connectivity index (χ2v) is 7.19. The highest BCUT2D eigenvalue weighted by atomic mass is 16.5. The molecule has 3 rings (SSSR count). The SMILES string of the molecule is COc1ccc(C)cc1C(C)NCC(=O)Nc1ccccc1C(=O)NC1CC1. The molecule has 1 aliphatic rings. The van der Waals surface area contributed by atoms with Crippen LogP contribution >= 0.6 is 0 Å². The monoisotopic (exact) mass is 381 g/mol. The molecule has 148 valence electrons. The van der Waals surface area contributed by atoms with Gasteiger partial charge in [0, 0.05) is 17.6 Å². The van der Waals surface area contributed by atoms with E-state index in [9.17, 15) is 9.59 Å². The van der Waals surface area contributed by atoms with Crippen molar-refractivity contribution in [1.82, 2.24) is 10.6 Å².